The van der Waals surface area contributed by atoms with Crippen LogP contribution in [0, 0.1) is 0 Å². The van der Waals surface area contributed by atoms with Crippen molar-refractivity contribution in [3.63, 3.8) is 0 Å². The van der Waals surface area contributed by atoms with Gasteiger partial charge in [0.15, 0.2) is 0 Å². The van der Waals surface area contributed by atoms with Crippen LogP contribution >= 0.6 is 0 Å². The third-order valence-electron chi connectivity index (χ3n) is 4.05. The van der Waals surface area contributed by atoms with Crippen molar-refractivity contribution in [2.45, 2.75) is 39.3 Å². The van der Waals surface area contributed by atoms with Crippen LogP contribution in [0.15, 0.2) is 55.4 Å². The van der Waals surface area contributed by atoms with Gasteiger partial charge in [-0.1, -0.05) is 12.1 Å². The molecule has 0 aliphatic heterocycles. The highest BCUT2D eigenvalue weighted by Gasteiger charge is 2.18. The van der Waals surface area contributed by atoms with E-state index >= 15 is 0 Å². The predicted molar refractivity (Wildman–Crippen MR) is 96.7 cm³/mol. The largest absolute Gasteiger partial charge is 0.345 e. The Hall–Kier alpha value is -2.89. The first kappa shape index (κ1) is 17.0. The molecule has 1 N–H and O–H groups in total. The second-order valence-corrected chi connectivity index (χ2v) is 7.10. The third kappa shape index (κ3) is 3.79. The maximum absolute atomic E-state index is 12.5. The molecule has 1 atom stereocenters. The predicted octanol–water partition coefficient (Wildman–Crippen LogP) is 3.31. The smallest absolute Gasteiger partial charge is 0.254 e. The third-order valence-corrected chi connectivity index (χ3v) is 4.05. The van der Waals surface area contributed by atoms with Crippen molar-refractivity contribution in [1.29, 1.82) is 0 Å². The summed E-state index contributed by atoms with van der Waals surface area (Å²) in [6.45, 7) is 8.11. The normalized spacial score (nSPS) is 12.8. The van der Waals surface area contributed by atoms with Gasteiger partial charge in [0, 0.05) is 24.3 Å². The van der Waals surface area contributed by atoms with Gasteiger partial charge in [0.05, 0.1) is 29.7 Å². The molecule has 0 aliphatic rings. The van der Waals surface area contributed by atoms with Crippen LogP contribution in [0.4, 0.5) is 0 Å². The molecule has 1 aromatic carbocycles. The summed E-state index contributed by atoms with van der Waals surface area (Å²) in [7, 11) is 0. The summed E-state index contributed by atoms with van der Waals surface area (Å²) in [6, 6.07) is 7.92. The molecule has 0 aliphatic carbocycles. The molecule has 6 heteroatoms. The molecule has 25 heavy (non-hydrogen) atoms. The second kappa shape index (κ2) is 6.55. The molecule has 0 saturated carbocycles. The highest BCUT2D eigenvalue weighted by molar-refractivity contribution is 5.93. The molecule has 0 saturated heterocycles. The monoisotopic (exact) mass is 337 g/mol. The number of rotatable bonds is 4. The molecule has 2 heterocycles. The number of nitrogens with zero attached hydrogens (tertiary/aromatic N) is 4. The first-order valence-electron chi connectivity index (χ1n) is 8.29. The van der Waals surface area contributed by atoms with Crippen molar-refractivity contribution >= 4 is 5.91 Å². The number of hydrogen-bond donors (Lipinski definition) is 1. The summed E-state index contributed by atoms with van der Waals surface area (Å²) >= 11 is 0. The van der Waals surface area contributed by atoms with Crippen molar-refractivity contribution in [3.8, 4) is 5.69 Å². The van der Waals surface area contributed by atoms with Crippen LogP contribution in [0.2, 0.25) is 0 Å². The summed E-state index contributed by atoms with van der Waals surface area (Å²) in [5.41, 5.74) is 2.45. The van der Waals surface area contributed by atoms with E-state index in [1.165, 1.54) is 0 Å². The van der Waals surface area contributed by atoms with Gasteiger partial charge in [0.1, 0.15) is 0 Å². The molecular weight excluding hydrogens is 314 g/mol. The summed E-state index contributed by atoms with van der Waals surface area (Å²) in [5, 5.41) is 7.31. The SMILES string of the molecule is CC(NC(=O)c1cnn(C(C)(C)C)c1)c1cccc(-n2ccnc2)c1. The fourth-order valence-corrected chi connectivity index (χ4v) is 2.54. The maximum Gasteiger partial charge on any atom is 0.254 e. The Labute approximate surface area is 147 Å². The van der Waals surface area contributed by atoms with Gasteiger partial charge in [-0.15, -0.1) is 0 Å². The molecule has 0 spiro atoms. The standard InChI is InChI=1S/C19H23N5O/c1-14(15-6-5-7-17(10-15)23-9-8-20-13-23)22-18(25)16-11-21-24(12-16)19(2,3)4/h5-14H,1-4H3,(H,22,25). The molecule has 1 unspecified atom stereocenters. The highest BCUT2D eigenvalue weighted by Crippen LogP contribution is 2.18. The minimum atomic E-state index is -0.150. The lowest BCUT2D eigenvalue weighted by molar-refractivity contribution is 0.0939. The van der Waals surface area contributed by atoms with E-state index in [-0.39, 0.29) is 17.5 Å². The number of amides is 1. The lowest BCUT2D eigenvalue weighted by Gasteiger charge is -2.18. The minimum absolute atomic E-state index is 0.117. The first-order chi connectivity index (χ1) is 11.8. The molecule has 2 aromatic heterocycles. The van der Waals surface area contributed by atoms with Crippen molar-refractivity contribution in [2.75, 3.05) is 0 Å². The Morgan fingerprint density at radius 2 is 2.08 bits per heavy atom. The van der Waals surface area contributed by atoms with Crippen LogP contribution in [0.5, 0.6) is 0 Å². The molecule has 130 valence electrons. The van der Waals surface area contributed by atoms with E-state index in [0.29, 0.717) is 5.56 Å². The number of imidazole rings is 1. The average Bonchev–Trinajstić information content (AvgIpc) is 3.26. The number of benzene rings is 1. The van der Waals surface area contributed by atoms with Gasteiger partial charge in [-0.25, -0.2) is 4.98 Å². The number of carbonyl (C=O) groups excluding carboxylic acids is 1. The Kier molecular flexibility index (Phi) is 4.44. The van der Waals surface area contributed by atoms with Gasteiger partial charge >= 0.3 is 0 Å². The van der Waals surface area contributed by atoms with Crippen molar-refractivity contribution in [1.82, 2.24) is 24.6 Å². The van der Waals surface area contributed by atoms with Crippen molar-refractivity contribution in [2.24, 2.45) is 0 Å². The van der Waals surface area contributed by atoms with E-state index in [9.17, 15) is 4.79 Å². The Morgan fingerprint density at radius 3 is 2.72 bits per heavy atom. The highest BCUT2D eigenvalue weighted by atomic mass is 16.1. The zero-order chi connectivity index (χ0) is 18.0. The lowest BCUT2D eigenvalue weighted by Crippen LogP contribution is -2.27. The molecule has 3 aromatic rings. The molecule has 6 nitrogen and oxygen atoms in total. The fourth-order valence-electron chi connectivity index (χ4n) is 2.54. The van der Waals surface area contributed by atoms with Gasteiger partial charge in [-0.2, -0.15) is 5.10 Å². The Bertz CT molecular complexity index is 858. The average molecular weight is 337 g/mol. The van der Waals surface area contributed by atoms with Crippen LogP contribution in [0.1, 0.15) is 49.7 Å². The van der Waals surface area contributed by atoms with Crippen LogP contribution in [-0.2, 0) is 5.54 Å². The zero-order valence-corrected chi connectivity index (χ0v) is 15.0. The molecule has 0 fully saturated rings. The minimum Gasteiger partial charge on any atom is -0.345 e. The summed E-state index contributed by atoms with van der Waals surface area (Å²) in [5.74, 6) is -0.129. The van der Waals surface area contributed by atoms with Gasteiger partial charge in [0.25, 0.3) is 5.91 Å². The quantitative estimate of drug-likeness (QED) is 0.794. The summed E-state index contributed by atoms with van der Waals surface area (Å²) < 4.78 is 3.73. The topological polar surface area (TPSA) is 64.7 Å². The van der Waals surface area contributed by atoms with Crippen LogP contribution in [0.25, 0.3) is 5.69 Å². The van der Waals surface area contributed by atoms with Gasteiger partial charge in [-0.3, -0.25) is 9.48 Å². The molecule has 0 bridgehead atoms. The van der Waals surface area contributed by atoms with Crippen LogP contribution < -0.4 is 5.32 Å². The van der Waals surface area contributed by atoms with Gasteiger partial charge < -0.3 is 9.88 Å². The summed E-state index contributed by atoms with van der Waals surface area (Å²) in [4.78, 5) is 16.6. The van der Waals surface area contributed by atoms with E-state index < -0.39 is 0 Å². The van der Waals surface area contributed by atoms with Crippen molar-refractivity contribution in [3.05, 3.63) is 66.5 Å². The molecule has 0 radical (unpaired) electrons. The molecular formula is C19H23N5O. The van der Waals surface area contributed by atoms with E-state index in [2.05, 4.69) is 15.4 Å². The zero-order valence-electron chi connectivity index (χ0n) is 15.0. The Balaban J connectivity index is 1.74. The summed E-state index contributed by atoms with van der Waals surface area (Å²) in [6.07, 6.45) is 8.77. The second-order valence-electron chi connectivity index (χ2n) is 7.10. The van der Waals surface area contributed by atoms with E-state index in [1.807, 2.05) is 62.7 Å². The Morgan fingerprint density at radius 1 is 1.28 bits per heavy atom. The number of carbonyl (C=O) groups is 1. The number of aromatic nitrogens is 4. The molecule has 3 rings (SSSR count). The van der Waals surface area contributed by atoms with E-state index in [0.717, 1.165) is 11.3 Å². The van der Waals surface area contributed by atoms with Crippen LogP contribution in [-0.4, -0.2) is 25.2 Å². The lowest BCUT2D eigenvalue weighted by atomic mass is 10.1. The fraction of sp³-hybridized carbons (Fsp3) is 0.316. The van der Waals surface area contributed by atoms with E-state index in [4.69, 9.17) is 0 Å². The van der Waals surface area contributed by atoms with Gasteiger partial charge in [-0.05, 0) is 45.4 Å². The van der Waals surface area contributed by atoms with E-state index in [1.54, 1.807) is 29.6 Å². The van der Waals surface area contributed by atoms with Crippen LogP contribution in [0.3, 0.4) is 0 Å². The number of nitrogens with one attached hydrogen (secondary N) is 1. The van der Waals surface area contributed by atoms with Crippen molar-refractivity contribution < 1.29 is 4.79 Å². The van der Waals surface area contributed by atoms with Gasteiger partial charge in [0.2, 0.25) is 0 Å². The first-order valence-corrected chi connectivity index (χ1v) is 8.29. The molecule has 1 amide bonds. The number of hydrogen-bond acceptors (Lipinski definition) is 3. The maximum atomic E-state index is 12.5.